The van der Waals surface area contributed by atoms with Crippen molar-refractivity contribution in [3.8, 4) is 0 Å². The molecule has 132 valence electrons. The summed E-state index contributed by atoms with van der Waals surface area (Å²) in [5, 5.41) is 8.49. The lowest BCUT2D eigenvalue weighted by atomic mass is 10.1. The second kappa shape index (κ2) is 19.0. The third-order valence-electron chi connectivity index (χ3n) is 3.30. The van der Waals surface area contributed by atoms with E-state index in [2.05, 4.69) is 19.1 Å². The second-order valence-electron chi connectivity index (χ2n) is 5.49. The highest BCUT2D eigenvalue weighted by molar-refractivity contribution is 5.80. The molecular weight excluding hydrogens is 296 g/mol. The van der Waals surface area contributed by atoms with Crippen LogP contribution in [0.4, 0.5) is 0 Å². The first-order valence-corrected chi connectivity index (χ1v) is 8.92. The van der Waals surface area contributed by atoms with E-state index in [4.69, 9.17) is 6.48 Å². The summed E-state index contributed by atoms with van der Waals surface area (Å²) in [5.74, 6) is -1.22. The van der Waals surface area contributed by atoms with Crippen molar-refractivity contribution < 1.29 is 11.3 Å². The molecule has 0 aliphatic heterocycles. The Labute approximate surface area is 149 Å². The number of rotatable bonds is 14. The molecule has 0 fully saturated rings. The average Bonchev–Trinajstić information content (AvgIpc) is 2.60. The number of hydrogen-bond donors (Lipinski definition) is 1. The van der Waals surface area contributed by atoms with Crippen LogP contribution in [0.25, 0.3) is 0 Å². The number of hydrogen-bond acceptors (Lipinski definition) is 1. The van der Waals surface area contributed by atoms with Crippen molar-refractivity contribution in [2.45, 2.75) is 58.3 Å². The van der Waals surface area contributed by atoms with Crippen LogP contribution in [0.3, 0.4) is 0 Å². The van der Waals surface area contributed by atoms with Crippen molar-refractivity contribution in [1.82, 2.24) is 0 Å². The molecule has 0 atom stereocenters. The molecule has 0 aliphatic rings. The van der Waals surface area contributed by atoms with Gasteiger partial charge in [-0.15, -0.1) is 0 Å². The molecule has 0 rings (SSSR count). The topological polar surface area (TPSA) is 37.3 Å². The molecule has 0 aliphatic carbocycles. The highest BCUT2D eigenvalue weighted by Crippen LogP contribution is 2.08. The Hall–Kier alpha value is -2.09. The van der Waals surface area contributed by atoms with Gasteiger partial charge in [0.25, 0.3) is 0 Å². The van der Waals surface area contributed by atoms with Gasteiger partial charge in [0.15, 0.2) is 0 Å². The molecule has 0 heterocycles. The van der Waals surface area contributed by atoms with Gasteiger partial charge >= 0.3 is 5.97 Å². The van der Waals surface area contributed by atoms with Gasteiger partial charge in [-0.05, 0) is 12.8 Å². The summed E-state index contributed by atoms with van der Waals surface area (Å²) >= 11 is 0. The van der Waals surface area contributed by atoms with Crippen LogP contribution in [0.1, 0.15) is 59.7 Å². The molecule has 0 unspecified atom stereocenters. The Bertz CT molecular complexity index is 508. The Kier molecular flexibility index (Phi) is 15.8. The first-order chi connectivity index (χ1) is 12.2. The van der Waals surface area contributed by atoms with Crippen molar-refractivity contribution in [3.63, 3.8) is 0 Å². The van der Waals surface area contributed by atoms with E-state index < -0.39 is 12.0 Å². The molecular formula is C22H32O2. The predicted molar refractivity (Wildman–Crippen MR) is 105 cm³/mol. The maximum Gasteiger partial charge on any atom is 0.328 e. The van der Waals surface area contributed by atoms with E-state index in [0.29, 0.717) is 0 Å². The fraction of sp³-hybridized carbons (Fsp3) is 0.409. The van der Waals surface area contributed by atoms with E-state index in [1.165, 1.54) is 57.1 Å². The van der Waals surface area contributed by atoms with Crippen molar-refractivity contribution in [1.29, 1.82) is 0 Å². The zero-order valence-corrected chi connectivity index (χ0v) is 14.9. The van der Waals surface area contributed by atoms with Gasteiger partial charge in [-0.25, -0.2) is 4.79 Å². The molecule has 0 aromatic rings. The summed E-state index contributed by atoms with van der Waals surface area (Å²) in [4.78, 5) is 10.4. The van der Waals surface area contributed by atoms with E-state index in [1.807, 2.05) is 30.4 Å². The summed E-state index contributed by atoms with van der Waals surface area (Å²) in [6, 6.07) is -0.425. The standard InChI is InChI=1S/C22H32O2/c1-2-3-4-5-6-7-8-9-10-11-12-13-14-15-16-17-18-19-20-21-22(23)24/h10-21H,2-9H2,1H3,(H,23,24)/b11-10+,13-12+,15-14+,17-16+,19-18+,21-20+/i21D. The molecule has 1 N–H and O–H groups in total. The number of unbranched alkanes of at least 4 members (excludes halogenated alkanes) is 7. The van der Waals surface area contributed by atoms with E-state index in [9.17, 15) is 4.79 Å². The summed E-state index contributed by atoms with van der Waals surface area (Å²) in [5.41, 5.74) is 0. The lowest BCUT2D eigenvalue weighted by Crippen LogP contribution is -1.84. The molecule has 24 heavy (non-hydrogen) atoms. The SMILES string of the molecule is [2H]\C(=C/C=C/C=C/C=C/C=C/C=C/CCCCCCCCC)C(=O)O. The van der Waals surface area contributed by atoms with Gasteiger partial charge in [0, 0.05) is 6.05 Å². The van der Waals surface area contributed by atoms with Crippen LogP contribution in [0, 0.1) is 0 Å². The van der Waals surface area contributed by atoms with Gasteiger partial charge in [-0.3, -0.25) is 0 Å². The Balaban J connectivity index is 3.68. The first kappa shape index (κ1) is 20.0. The number of carboxylic acid groups (broad SMARTS) is 1. The van der Waals surface area contributed by atoms with E-state index in [1.54, 1.807) is 12.2 Å². The number of carbonyl (C=O) groups is 1. The van der Waals surface area contributed by atoms with Crippen molar-refractivity contribution in [3.05, 3.63) is 72.9 Å². The van der Waals surface area contributed by atoms with E-state index in [-0.39, 0.29) is 0 Å². The number of aliphatic carboxylic acids is 1. The summed E-state index contributed by atoms with van der Waals surface area (Å²) in [6.07, 6.45) is 30.8. The molecule has 2 heteroatoms. The normalized spacial score (nSPS) is 14.0. The van der Waals surface area contributed by atoms with Crippen LogP contribution in [0.15, 0.2) is 72.9 Å². The van der Waals surface area contributed by atoms with Crippen LogP contribution < -0.4 is 0 Å². The van der Waals surface area contributed by atoms with E-state index in [0.717, 1.165) is 6.42 Å². The Morgan fingerprint density at radius 2 is 1.21 bits per heavy atom. The van der Waals surface area contributed by atoms with E-state index >= 15 is 0 Å². The Morgan fingerprint density at radius 1 is 0.750 bits per heavy atom. The number of allylic oxidation sites excluding steroid dienone is 11. The van der Waals surface area contributed by atoms with Gasteiger partial charge in [-0.1, -0.05) is 112 Å². The largest absolute Gasteiger partial charge is 0.478 e. The molecule has 0 spiro atoms. The molecule has 0 saturated heterocycles. The second-order valence-corrected chi connectivity index (χ2v) is 5.49. The highest BCUT2D eigenvalue weighted by Gasteiger charge is 1.88. The molecule has 0 bridgehead atoms. The lowest BCUT2D eigenvalue weighted by molar-refractivity contribution is -0.131. The molecule has 0 amide bonds. The minimum atomic E-state index is -1.22. The minimum Gasteiger partial charge on any atom is -0.478 e. The predicted octanol–water partition coefficient (Wildman–Crippen LogP) is 6.55. The number of carboxylic acids is 1. The molecule has 0 aromatic heterocycles. The fourth-order valence-corrected chi connectivity index (χ4v) is 2.02. The summed E-state index contributed by atoms with van der Waals surface area (Å²) < 4.78 is 7.08. The van der Waals surface area contributed by atoms with Gasteiger partial charge in [-0.2, -0.15) is 0 Å². The first-order valence-electron chi connectivity index (χ1n) is 9.42. The molecule has 0 aromatic carbocycles. The smallest absolute Gasteiger partial charge is 0.328 e. The zero-order chi connectivity index (χ0) is 18.6. The lowest BCUT2D eigenvalue weighted by Gasteiger charge is -1.98. The average molecular weight is 330 g/mol. The van der Waals surface area contributed by atoms with Gasteiger partial charge < -0.3 is 5.11 Å². The van der Waals surface area contributed by atoms with Crippen LogP contribution >= 0.6 is 0 Å². The fourth-order valence-electron chi connectivity index (χ4n) is 2.02. The Morgan fingerprint density at radius 3 is 1.75 bits per heavy atom. The van der Waals surface area contributed by atoms with Gasteiger partial charge in [0.2, 0.25) is 0 Å². The maximum atomic E-state index is 10.4. The third-order valence-corrected chi connectivity index (χ3v) is 3.30. The van der Waals surface area contributed by atoms with Crippen LogP contribution in [-0.4, -0.2) is 11.1 Å². The van der Waals surface area contributed by atoms with Crippen LogP contribution in [0.2, 0.25) is 0 Å². The van der Waals surface area contributed by atoms with Crippen molar-refractivity contribution >= 4 is 5.97 Å². The van der Waals surface area contributed by atoms with Crippen molar-refractivity contribution in [2.75, 3.05) is 0 Å². The molecule has 0 radical (unpaired) electrons. The highest BCUT2D eigenvalue weighted by atomic mass is 16.4. The molecule has 2 nitrogen and oxygen atoms in total. The maximum absolute atomic E-state index is 10.4. The van der Waals surface area contributed by atoms with Gasteiger partial charge in [0.05, 0.1) is 1.37 Å². The molecule has 0 saturated carbocycles. The van der Waals surface area contributed by atoms with Gasteiger partial charge in [0.1, 0.15) is 0 Å². The quantitative estimate of drug-likeness (QED) is 0.223. The monoisotopic (exact) mass is 329 g/mol. The van der Waals surface area contributed by atoms with Crippen molar-refractivity contribution in [2.24, 2.45) is 0 Å². The van der Waals surface area contributed by atoms with Crippen LogP contribution in [0.5, 0.6) is 0 Å². The third kappa shape index (κ3) is 19.9. The zero-order valence-electron chi connectivity index (χ0n) is 15.9. The minimum absolute atomic E-state index is 0.425. The van der Waals surface area contributed by atoms with Crippen LogP contribution in [-0.2, 0) is 4.79 Å². The summed E-state index contributed by atoms with van der Waals surface area (Å²) in [6.45, 7) is 2.25. The summed E-state index contributed by atoms with van der Waals surface area (Å²) in [7, 11) is 0.